The number of ether oxygens (including phenoxy) is 1. The van der Waals surface area contributed by atoms with Gasteiger partial charge in [0.15, 0.2) is 0 Å². The van der Waals surface area contributed by atoms with Crippen molar-refractivity contribution in [3.63, 3.8) is 0 Å². The van der Waals surface area contributed by atoms with E-state index in [1.807, 2.05) is 34.1 Å². The fraction of sp³-hybridized carbons (Fsp3) is 0.444. The van der Waals surface area contributed by atoms with Crippen LogP contribution < -0.4 is 9.64 Å². The van der Waals surface area contributed by atoms with Crippen molar-refractivity contribution in [2.45, 2.75) is 25.6 Å². The first-order valence-corrected chi connectivity index (χ1v) is 12.7. The Morgan fingerprint density at radius 3 is 2.39 bits per heavy atom. The number of carbonyl (C=O) groups excluding carboxylic acids is 1. The van der Waals surface area contributed by atoms with Crippen LogP contribution in [0.2, 0.25) is 0 Å². The number of benzene rings is 2. The van der Waals surface area contributed by atoms with E-state index in [9.17, 15) is 18.0 Å². The molecule has 1 amide bonds. The number of carbonyl (C=O) groups is 1. The van der Waals surface area contributed by atoms with E-state index in [2.05, 4.69) is 15.0 Å². The zero-order valence-electron chi connectivity index (χ0n) is 21.2. The summed E-state index contributed by atoms with van der Waals surface area (Å²) >= 11 is 0. The second-order valence-corrected chi connectivity index (χ2v) is 9.65. The van der Waals surface area contributed by atoms with Crippen LogP contribution in [0.4, 0.5) is 18.9 Å². The van der Waals surface area contributed by atoms with Crippen LogP contribution in [-0.2, 0) is 17.5 Å². The molecule has 8 nitrogen and oxygen atoms in total. The molecule has 0 spiro atoms. The van der Waals surface area contributed by atoms with Gasteiger partial charge in [0.05, 0.1) is 19.2 Å². The van der Waals surface area contributed by atoms with Crippen molar-refractivity contribution in [3.05, 3.63) is 60.0 Å². The third-order valence-corrected chi connectivity index (χ3v) is 7.24. The monoisotopic (exact) mass is 529 g/mol. The van der Waals surface area contributed by atoms with Gasteiger partial charge in [-0.05, 0) is 68.4 Å². The molecule has 202 valence electrons. The molecular formula is C27H30F3N5O3. The number of amides is 1. The van der Waals surface area contributed by atoms with Gasteiger partial charge < -0.3 is 19.1 Å². The molecule has 2 aromatic carbocycles. The SMILES string of the molecule is COc1ccc(-c2noc(CN3CCC(C(=O)N4CCN(c5cccc(C(F)(F)F)c5)CC4)CC3)n2)cc1. The van der Waals surface area contributed by atoms with Gasteiger partial charge >= 0.3 is 6.18 Å². The number of halogens is 3. The van der Waals surface area contributed by atoms with Gasteiger partial charge in [0.1, 0.15) is 5.75 Å². The lowest BCUT2D eigenvalue weighted by Gasteiger charge is -2.39. The molecule has 0 N–H and O–H groups in total. The van der Waals surface area contributed by atoms with Gasteiger partial charge in [-0.3, -0.25) is 9.69 Å². The molecule has 3 heterocycles. The van der Waals surface area contributed by atoms with E-state index in [0.717, 1.165) is 43.3 Å². The molecule has 0 saturated carbocycles. The molecule has 2 aliphatic heterocycles. The van der Waals surface area contributed by atoms with Crippen molar-refractivity contribution in [2.75, 3.05) is 51.3 Å². The Balaban J connectivity index is 1.09. The number of hydrogen-bond donors (Lipinski definition) is 0. The smallest absolute Gasteiger partial charge is 0.416 e. The van der Waals surface area contributed by atoms with E-state index in [0.29, 0.717) is 50.1 Å². The third kappa shape index (κ3) is 5.93. The number of nitrogens with zero attached hydrogens (tertiary/aromatic N) is 5. The van der Waals surface area contributed by atoms with E-state index in [1.165, 1.54) is 12.1 Å². The van der Waals surface area contributed by atoms with E-state index in [4.69, 9.17) is 9.26 Å². The Kier molecular flexibility index (Phi) is 7.55. The van der Waals surface area contributed by atoms with Gasteiger partial charge in [0.25, 0.3) is 0 Å². The van der Waals surface area contributed by atoms with Gasteiger partial charge in [-0.15, -0.1) is 0 Å². The van der Waals surface area contributed by atoms with Crippen LogP contribution in [-0.4, -0.2) is 72.2 Å². The van der Waals surface area contributed by atoms with E-state index < -0.39 is 11.7 Å². The third-order valence-electron chi connectivity index (χ3n) is 7.24. The first-order valence-electron chi connectivity index (χ1n) is 12.7. The molecule has 0 bridgehead atoms. The lowest BCUT2D eigenvalue weighted by atomic mass is 9.95. The number of methoxy groups -OCH3 is 1. The normalized spacial score (nSPS) is 17.6. The molecule has 2 fully saturated rings. The van der Waals surface area contributed by atoms with Crippen LogP contribution in [0.25, 0.3) is 11.4 Å². The molecule has 2 aliphatic rings. The average Bonchev–Trinajstić information content (AvgIpc) is 3.41. The van der Waals surface area contributed by atoms with Crippen molar-refractivity contribution < 1.29 is 27.2 Å². The molecule has 11 heteroatoms. The molecule has 38 heavy (non-hydrogen) atoms. The molecule has 1 aromatic heterocycles. The lowest BCUT2D eigenvalue weighted by Crippen LogP contribution is -2.51. The van der Waals surface area contributed by atoms with Crippen molar-refractivity contribution in [1.29, 1.82) is 0 Å². The first-order chi connectivity index (χ1) is 18.3. The Morgan fingerprint density at radius 1 is 1.03 bits per heavy atom. The number of piperidine rings is 1. The van der Waals surface area contributed by atoms with Gasteiger partial charge in [0, 0.05) is 43.3 Å². The Morgan fingerprint density at radius 2 is 1.74 bits per heavy atom. The Labute approximate surface area is 219 Å². The summed E-state index contributed by atoms with van der Waals surface area (Å²) in [4.78, 5) is 23.6. The maximum Gasteiger partial charge on any atom is 0.416 e. The van der Waals surface area contributed by atoms with Crippen LogP contribution >= 0.6 is 0 Å². The Hall–Kier alpha value is -3.60. The fourth-order valence-corrected chi connectivity index (χ4v) is 5.03. The van der Waals surface area contributed by atoms with Crippen molar-refractivity contribution in [3.8, 4) is 17.1 Å². The summed E-state index contributed by atoms with van der Waals surface area (Å²) in [6.07, 6.45) is -2.89. The molecule has 0 aliphatic carbocycles. The molecule has 0 unspecified atom stereocenters. The number of aromatic nitrogens is 2. The standard InChI is InChI=1S/C27H30F3N5O3/c1-37-23-7-5-19(6-8-23)25-31-24(38-32-25)18-33-11-9-20(10-12-33)26(36)35-15-13-34(14-16-35)22-4-2-3-21(17-22)27(28,29)30/h2-8,17,20H,9-16,18H2,1H3. The first kappa shape index (κ1) is 26.0. The van der Waals surface area contributed by atoms with Crippen LogP contribution in [0, 0.1) is 5.92 Å². The van der Waals surface area contributed by atoms with Gasteiger partial charge in [-0.1, -0.05) is 11.2 Å². The number of anilines is 1. The number of likely N-dealkylation sites (tertiary alicyclic amines) is 1. The number of rotatable bonds is 6. The Bertz CT molecular complexity index is 1230. The summed E-state index contributed by atoms with van der Waals surface area (Å²) in [6, 6.07) is 12.8. The van der Waals surface area contributed by atoms with E-state index >= 15 is 0 Å². The molecule has 3 aromatic rings. The van der Waals surface area contributed by atoms with Crippen LogP contribution in [0.3, 0.4) is 0 Å². The highest BCUT2D eigenvalue weighted by Gasteiger charge is 2.33. The largest absolute Gasteiger partial charge is 0.497 e. The van der Waals surface area contributed by atoms with Crippen LogP contribution in [0.15, 0.2) is 53.1 Å². The maximum absolute atomic E-state index is 13.1. The average molecular weight is 530 g/mol. The molecule has 0 radical (unpaired) electrons. The summed E-state index contributed by atoms with van der Waals surface area (Å²) in [5, 5.41) is 4.08. The molecule has 5 rings (SSSR count). The van der Waals surface area contributed by atoms with E-state index in [-0.39, 0.29) is 11.8 Å². The zero-order chi connectivity index (χ0) is 26.7. The summed E-state index contributed by atoms with van der Waals surface area (Å²) in [7, 11) is 1.61. The summed E-state index contributed by atoms with van der Waals surface area (Å²) in [5.74, 6) is 1.90. The van der Waals surface area contributed by atoms with Gasteiger partial charge in [-0.2, -0.15) is 18.2 Å². The van der Waals surface area contributed by atoms with Crippen LogP contribution in [0.5, 0.6) is 5.75 Å². The number of hydrogen-bond acceptors (Lipinski definition) is 7. The number of alkyl halides is 3. The highest BCUT2D eigenvalue weighted by Crippen LogP contribution is 2.32. The topological polar surface area (TPSA) is 74.9 Å². The minimum Gasteiger partial charge on any atom is -0.497 e. The highest BCUT2D eigenvalue weighted by atomic mass is 19.4. The fourth-order valence-electron chi connectivity index (χ4n) is 5.03. The summed E-state index contributed by atoms with van der Waals surface area (Å²) in [6.45, 7) is 4.07. The highest BCUT2D eigenvalue weighted by molar-refractivity contribution is 5.79. The van der Waals surface area contributed by atoms with Crippen molar-refractivity contribution in [1.82, 2.24) is 19.9 Å². The minimum absolute atomic E-state index is 0.0519. The quantitative estimate of drug-likeness (QED) is 0.471. The maximum atomic E-state index is 13.1. The zero-order valence-corrected chi connectivity index (χ0v) is 21.2. The van der Waals surface area contributed by atoms with Crippen molar-refractivity contribution >= 4 is 11.6 Å². The van der Waals surface area contributed by atoms with Gasteiger partial charge in [-0.25, -0.2) is 0 Å². The van der Waals surface area contributed by atoms with Gasteiger partial charge in [0.2, 0.25) is 17.6 Å². The molecule has 0 atom stereocenters. The molecular weight excluding hydrogens is 499 g/mol. The summed E-state index contributed by atoms with van der Waals surface area (Å²) < 4.78 is 49.8. The second kappa shape index (κ2) is 11.0. The van der Waals surface area contributed by atoms with Crippen LogP contribution in [0.1, 0.15) is 24.3 Å². The predicted molar refractivity (Wildman–Crippen MR) is 135 cm³/mol. The molecule has 2 saturated heterocycles. The van der Waals surface area contributed by atoms with Crippen molar-refractivity contribution in [2.24, 2.45) is 5.92 Å². The predicted octanol–water partition coefficient (Wildman–Crippen LogP) is 4.32. The summed E-state index contributed by atoms with van der Waals surface area (Å²) in [5.41, 5.74) is 0.729. The lowest BCUT2D eigenvalue weighted by molar-refractivity contribution is -0.138. The van der Waals surface area contributed by atoms with E-state index in [1.54, 1.807) is 13.2 Å². The number of piperazine rings is 1. The second-order valence-electron chi connectivity index (χ2n) is 9.65. The minimum atomic E-state index is -4.37.